The number of fused-ring (bicyclic) bond motifs is 1. The number of alkyl halides is 3. The smallest absolute Gasteiger partial charge is 1.00 e. The molecule has 0 spiro atoms. The Labute approximate surface area is 232 Å². The molecule has 0 aliphatic carbocycles. The number of carboxylic acid groups (broad SMARTS) is 1. The van der Waals surface area contributed by atoms with Crippen molar-refractivity contribution in [3.8, 4) is 0 Å². The van der Waals surface area contributed by atoms with Gasteiger partial charge in [-0.3, -0.25) is 0 Å². The Balaban J connectivity index is 0.00000253. The van der Waals surface area contributed by atoms with Crippen LogP contribution >= 0.6 is 0 Å². The number of rotatable bonds is 6. The molecule has 4 rings (SSSR count). The molecule has 13 heteroatoms. The van der Waals surface area contributed by atoms with E-state index < -0.39 is 40.2 Å². The van der Waals surface area contributed by atoms with Gasteiger partial charge in [-0.15, -0.1) is 0 Å². The van der Waals surface area contributed by atoms with Gasteiger partial charge in [0.2, 0.25) is 0 Å². The Bertz CT molecular complexity index is 1590. The number of benzene rings is 2. The minimum absolute atomic E-state index is 0. The van der Waals surface area contributed by atoms with Crippen LogP contribution in [0, 0.1) is 12.7 Å². The van der Waals surface area contributed by atoms with Crippen LogP contribution < -0.4 is 33.9 Å². The van der Waals surface area contributed by atoms with Gasteiger partial charge in [0.1, 0.15) is 5.82 Å². The average Bonchev–Trinajstić information content (AvgIpc) is 2.83. The normalized spacial score (nSPS) is 11.7. The molecule has 0 aliphatic heterocycles. The van der Waals surface area contributed by atoms with Gasteiger partial charge in [-0.05, 0) is 48.7 Å². The van der Waals surface area contributed by atoms with E-state index in [1.807, 2.05) is 0 Å². The van der Waals surface area contributed by atoms with Gasteiger partial charge >= 0.3 is 41.7 Å². The second-order valence-electron chi connectivity index (χ2n) is 7.77. The third kappa shape index (κ3) is 5.77. The van der Waals surface area contributed by atoms with Crippen molar-refractivity contribution < 1.29 is 66.9 Å². The number of nitrogens with zero attached hydrogens (tertiary/aromatic N) is 3. The fraction of sp³-hybridized carbons (Fsp3) is 0.125. The van der Waals surface area contributed by atoms with Crippen LogP contribution in [0.15, 0.2) is 71.8 Å². The van der Waals surface area contributed by atoms with E-state index in [-0.39, 0.29) is 53.0 Å². The summed E-state index contributed by atoms with van der Waals surface area (Å²) in [6, 6.07) is 12.8. The SMILES string of the molecule is Cc1c(N(Cc2ccc(F)c(C(F)(F)F)n2)S(=O)(=O)c2ccc(C(=O)O)cc2)ncc2ccccc12.[H-].[Na+]. The van der Waals surface area contributed by atoms with Crippen LogP contribution in [0.3, 0.4) is 0 Å². The van der Waals surface area contributed by atoms with Gasteiger partial charge in [-0.2, -0.15) is 13.2 Å². The fourth-order valence-corrected chi connectivity index (χ4v) is 5.09. The van der Waals surface area contributed by atoms with E-state index in [0.717, 1.165) is 34.6 Å². The molecule has 2 aromatic heterocycles. The number of pyridine rings is 2. The molecule has 188 valence electrons. The topological polar surface area (TPSA) is 100 Å². The molecule has 0 saturated heterocycles. The average molecular weight is 543 g/mol. The molecule has 0 fully saturated rings. The monoisotopic (exact) mass is 543 g/mol. The number of aromatic carboxylic acids is 1. The molecule has 0 atom stereocenters. The molecule has 0 unspecified atom stereocenters. The molecule has 4 aromatic rings. The van der Waals surface area contributed by atoms with E-state index in [0.29, 0.717) is 22.4 Å². The van der Waals surface area contributed by atoms with E-state index in [1.165, 1.54) is 6.20 Å². The number of carbonyl (C=O) groups is 1. The van der Waals surface area contributed by atoms with Crippen LogP contribution in [0.4, 0.5) is 23.4 Å². The van der Waals surface area contributed by atoms with E-state index in [9.17, 15) is 30.8 Å². The second kappa shape index (κ2) is 10.7. The molecule has 0 amide bonds. The number of carboxylic acids is 1. The Morgan fingerprint density at radius 1 is 1.05 bits per heavy atom. The summed E-state index contributed by atoms with van der Waals surface area (Å²) in [6.45, 7) is 0.915. The van der Waals surface area contributed by atoms with Crippen LogP contribution in [0.2, 0.25) is 0 Å². The number of hydrogen-bond acceptors (Lipinski definition) is 5. The summed E-state index contributed by atoms with van der Waals surface area (Å²) in [5.74, 6) is -2.93. The molecule has 0 aliphatic rings. The van der Waals surface area contributed by atoms with Gasteiger partial charge in [0.05, 0.1) is 22.7 Å². The van der Waals surface area contributed by atoms with E-state index in [1.54, 1.807) is 31.2 Å². The molecule has 7 nitrogen and oxygen atoms in total. The molecule has 0 bridgehead atoms. The summed E-state index contributed by atoms with van der Waals surface area (Å²) in [4.78, 5) is 18.4. The molecular formula is C24H18F4N3NaO4S. The maximum Gasteiger partial charge on any atom is 1.00 e. The van der Waals surface area contributed by atoms with E-state index >= 15 is 0 Å². The largest absolute Gasteiger partial charge is 1.00 e. The van der Waals surface area contributed by atoms with Crippen LogP contribution in [0.1, 0.15) is 28.7 Å². The summed E-state index contributed by atoms with van der Waals surface area (Å²) in [7, 11) is -4.48. The Kier molecular flexibility index (Phi) is 8.27. The van der Waals surface area contributed by atoms with Crippen LogP contribution in [-0.2, 0) is 22.7 Å². The number of aryl methyl sites for hydroxylation is 1. The molecule has 2 heterocycles. The summed E-state index contributed by atoms with van der Waals surface area (Å²) in [5, 5.41) is 10.5. The maximum atomic E-state index is 13.8. The zero-order valence-corrected chi connectivity index (χ0v) is 22.3. The molecule has 2 aromatic carbocycles. The number of anilines is 1. The minimum Gasteiger partial charge on any atom is -1.00 e. The molecule has 37 heavy (non-hydrogen) atoms. The first-order chi connectivity index (χ1) is 16.9. The standard InChI is InChI=1S/C24H17F4N3O4S.Na.H/c1-14-19-5-3-2-4-16(19)12-29-22(14)31(13-17-8-11-20(25)21(30-17)24(26,27)28)36(34,35)18-9-6-15(7-10-18)23(32)33;;/h2-12H,13H2,1H3,(H,32,33);;/q;+1;-1. The predicted octanol–water partition coefficient (Wildman–Crippen LogP) is 2.31. The summed E-state index contributed by atoms with van der Waals surface area (Å²) >= 11 is 0. The summed E-state index contributed by atoms with van der Waals surface area (Å²) in [5.41, 5.74) is -1.87. The fourth-order valence-electron chi connectivity index (χ4n) is 3.64. The molecule has 1 N–H and O–H groups in total. The van der Waals surface area contributed by atoms with Crippen molar-refractivity contribution in [3.63, 3.8) is 0 Å². The van der Waals surface area contributed by atoms with E-state index in [4.69, 9.17) is 5.11 Å². The number of halogens is 4. The van der Waals surface area contributed by atoms with Gasteiger partial charge in [0, 0.05) is 17.1 Å². The van der Waals surface area contributed by atoms with Crippen molar-refractivity contribution >= 4 is 32.6 Å². The van der Waals surface area contributed by atoms with Crippen molar-refractivity contribution in [2.24, 2.45) is 0 Å². The van der Waals surface area contributed by atoms with Gasteiger partial charge in [0.15, 0.2) is 11.5 Å². The first-order valence-corrected chi connectivity index (χ1v) is 11.8. The number of sulfonamides is 1. The van der Waals surface area contributed by atoms with Crippen molar-refractivity contribution in [2.45, 2.75) is 24.5 Å². The molecule has 0 radical (unpaired) electrons. The Hall–Kier alpha value is -3.06. The van der Waals surface area contributed by atoms with E-state index in [2.05, 4.69) is 9.97 Å². The first kappa shape index (κ1) is 28.5. The van der Waals surface area contributed by atoms with Gasteiger partial charge in [-0.25, -0.2) is 31.9 Å². The third-order valence-corrected chi connectivity index (χ3v) is 7.18. The molecule has 0 saturated carbocycles. The van der Waals surface area contributed by atoms with Crippen LogP contribution in [-0.4, -0.2) is 29.5 Å². The third-order valence-electron chi connectivity index (χ3n) is 5.43. The summed E-state index contributed by atoms with van der Waals surface area (Å²) < 4.78 is 81.6. The maximum absolute atomic E-state index is 13.8. The van der Waals surface area contributed by atoms with Crippen molar-refractivity contribution in [3.05, 3.63) is 95.2 Å². The van der Waals surface area contributed by atoms with Crippen molar-refractivity contribution in [1.29, 1.82) is 0 Å². The first-order valence-electron chi connectivity index (χ1n) is 10.3. The number of aromatic nitrogens is 2. The minimum atomic E-state index is -5.09. The van der Waals surface area contributed by atoms with Crippen molar-refractivity contribution in [2.75, 3.05) is 4.31 Å². The van der Waals surface area contributed by atoms with Gasteiger partial charge in [-0.1, -0.05) is 24.3 Å². The van der Waals surface area contributed by atoms with Crippen molar-refractivity contribution in [1.82, 2.24) is 9.97 Å². The zero-order chi connectivity index (χ0) is 26.3. The quantitative estimate of drug-likeness (QED) is 0.296. The Morgan fingerprint density at radius 3 is 2.32 bits per heavy atom. The Morgan fingerprint density at radius 2 is 1.70 bits per heavy atom. The second-order valence-corrected chi connectivity index (χ2v) is 9.63. The zero-order valence-electron chi connectivity index (χ0n) is 20.5. The summed E-state index contributed by atoms with van der Waals surface area (Å²) in [6.07, 6.45) is -3.67. The van der Waals surface area contributed by atoms with Gasteiger partial charge in [0.25, 0.3) is 10.0 Å². The number of hydrogen-bond donors (Lipinski definition) is 1. The molecular weight excluding hydrogens is 525 g/mol. The van der Waals surface area contributed by atoms with Crippen LogP contribution in [0.5, 0.6) is 0 Å². The predicted molar refractivity (Wildman–Crippen MR) is 124 cm³/mol. The van der Waals surface area contributed by atoms with Gasteiger partial charge < -0.3 is 6.53 Å². The van der Waals surface area contributed by atoms with Crippen LogP contribution in [0.25, 0.3) is 10.8 Å².